The molecule has 15 heavy (non-hydrogen) atoms. The predicted octanol–water partition coefficient (Wildman–Crippen LogP) is 1.59. The molecule has 0 aromatic carbocycles. The molecule has 1 aliphatic carbocycles. The molecule has 3 heteroatoms. The molecular formula is C12H22N2O. The van der Waals surface area contributed by atoms with E-state index < -0.39 is 0 Å². The van der Waals surface area contributed by atoms with Crippen molar-refractivity contribution in [2.45, 2.75) is 46.1 Å². The molecule has 0 spiro atoms. The lowest BCUT2D eigenvalue weighted by Crippen LogP contribution is -2.34. The van der Waals surface area contributed by atoms with Gasteiger partial charge in [0.25, 0.3) is 0 Å². The minimum Gasteiger partial charge on any atom is -0.328 e. The van der Waals surface area contributed by atoms with E-state index in [1.165, 1.54) is 12.8 Å². The summed E-state index contributed by atoms with van der Waals surface area (Å²) in [7, 11) is 0. The Hall–Kier alpha value is -0.570. The van der Waals surface area contributed by atoms with E-state index in [1.807, 2.05) is 4.90 Å². The van der Waals surface area contributed by atoms with E-state index in [9.17, 15) is 4.79 Å². The summed E-state index contributed by atoms with van der Waals surface area (Å²) in [4.78, 5) is 14.0. The van der Waals surface area contributed by atoms with Gasteiger partial charge in [0.15, 0.2) is 0 Å². The van der Waals surface area contributed by atoms with Crippen molar-refractivity contribution >= 4 is 5.91 Å². The summed E-state index contributed by atoms with van der Waals surface area (Å²) in [6.07, 6.45) is 3.53. The molecule has 0 bridgehead atoms. The smallest absolute Gasteiger partial charge is 0.240 e. The molecular weight excluding hydrogens is 188 g/mol. The molecule has 1 saturated heterocycles. The van der Waals surface area contributed by atoms with Gasteiger partial charge in [0, 0.05) is 6.54 Å². The van der Waals surface area contributed by atoms with Crippen molar-refractivity contribution in [2.24, 2.45) is 11.3 Å². The quantitative estimate of drug-likeness (QED) is 0.764. The van der Waals surface area contributed by atoms with Crippen LogP contribution in [0.5, 0.6) is 0 Å². The zero-order chi connectivity index (χ0) is 11.1. The molecule has 1 saturated carbocycles. The maximum absolute atomic E-state index is 12.0. The highest BCUT2D eigenvalue weighted by Gasteiger charge is 2.42. The maximum Gasteiger partial charge on any atom is 0.240 e. The van der Waals surface area contributed by atoms with E-state index in [1.54, 1.807) is 0 Å². The number of nitrogens with zero attached hydrogens (tertiary/aromatic N) is 1. The molecule has 1 aliphatic heterocycles. The Kier molecular flexibility index (Phi) is 2.75. The molecule has 0 radical (unpaired) electrons. The second kappa shape index (κ2) is 3.78. The van der Waals surface area contributed by atoms with E-state index >= 15 is 0 Å². The SMILES string of the molecule is CC(C)CC1NCN(CC2(C)CC2)C1=O. The number of rotatable bonds is 4. The molecule has 1 heterocycles. The first-order chi connectivity index (χ1) is 7.00. The fourth-order valence-corrected chi connectivity index (χ4v) is 2.23. The summed E-state index contributed by atoms with van der Waals surface area (Å²) < 4.78 is 0. The highest BCUT2D eigenvalue weighted by Crippen LogP contribution is 2.45. The van der Waals surface area contributed by atoms with Gasteiger partial charge in [-0.05, 0) is 30.6 Å². The van der Waals surface area contributed by atoms with Crippen molar-refractivity contribution in [3.63, 3.8) is 0 Å². The van der Waals surface area contributed by atoms with Crippen molar-refractivity contribution in [3.05, 3.63) is 0 Å². The Morgan fingerprint density at radius 1 is 1.53 bits per heavy atom. The van der Waals surface area contributed by atoms with Crippen LogP contribution in [-0.2, 0) is 4.79 Å². The van der Waals surface area contributed by atoms with Gasteiger partial charge in [-0.25, -0.2) is 0 Å². The Labute approximate surface area is 92.2 Å². The lowest BCUT2D eigenvalue weighted by atomic mass is 10.0. The molecule has 3 nitrogen and oxygen atoms in total. The number of hydrogen-bond donors (Lipinski definition) is 1. The topological polar surface area (TPSA) is 32.3 Å². The van der Waals surface area contributed by atoms with Crippen LogP contribution in [0.25, 0.3) is 0 Å². The fourth-order valence-electron chi connectivity index (χ4n) is 2.23. The van der Waals surface area contributed by atoms with E-state index in [-0.39, 0.29) is 6.04 Å². The van der Waals surface area contributed by atoms with Crippen LogP contribution < -0.4 is 5.32 Å². The van der Waals surface area contributed by atoms with E-state index in [2.05, 4.69) is 26.1 Å². The van der Waals surface area contributed by atoms with Gasteiger partial charge in [0.1, 0.15) is 0 Å². The van der Waals surface area contributed by atoms with Gasteiger partial charge in [-0.3, -0.25) is 10.1 Å². The minimum absolute atomic E-state index is 0.0762. The molecule has 86 valence electrons. The fraction of sp³-hybridized carbons (Fsp3) is 0.917. The molecule has 2 aliphatic rings. The molecule has 0 aromatic rings. The third kappa shape index (κ3) is 2.51. The van der Waals surface area contributed by atoms with Gasteiger partial charge >= 0.3 is 0 Å². The first-order valence-electron chi connectivity index (χ1n) is 6.02. The number of carbonyl (C=O) groups excluding carboxylic acids is 1. The molecule has 1 unspecified atom stereocenters. The summed E-state index contributed by atoms with van der Waals surface area (Å²) >= 11 is 0. The van der Waals surface area contributed by atoms with Crippen LogP contribution in [0.3, 0.4) is 0 Å². The van der Waals surface area contributed by atoms with Crippen molar-refractivity contribution in [2.75, 3.05) is 13.2 Å². The van der Waals surface area contributed by atoms with Crippen LogP contribution in [0.2, 0.25) is 0 Å². The zero-order valence-corrected chi connectivity index (χ0v) is 10.0. The van der Waals surface area contributed by atoms with Gasteiger partial charge < -0.3 is 4.90 Å². The highest BCUT2D eigenvalue weighted by molar-refractivity contribution is 5.83. The molecule has 1 atom stereocenters. The summed E-state index contributed by atoms with van der Waals surface area (Å²) in [5.41, 5.74) is 0.435. The second-order valence-electron chi connectivity index (χ2n) is 5.89. The predicted molar refractivity (Wildman–Crippen MR) is 60.3 cm³/mol. The minimum atomic E-state index is 0.0762. The van der Waals surface area contributed by atoms with E-state index in [0.29, 0.717) is 17.2 Å². The largest absolute Gasteiger partial charge is 0.328 e. The van der Waals surface area contributed by atoms with E-state index in [0.717, 1.165) is 19.6 Å². The Morgan fingerprint density at radius 3 is 2.73 bits per heavy atom. The Balaban J connectivity index is 1.86. The van der Waals surface area contributed by atoms with Crippen LogP contribution in [0, 0.1) is 11.3 Å². The van der Waals surface area contributed by atoms with Crippen molar-refractivity contribution in [1.82, 2.24) is 10.2 Å². The molecule has 2 fully saturated rings. The monoisotopic (exact) mass is 210 g/mol. The third-order valence-corrected chi connectivity index (χ3v) is 3.52. The van der Waals surface area contributed by atoms with Crippen LogP contribution in [0.1, 0.15) is 40.0 Å². The van der Waals surface area contributed by atoms with E-state index in [4.69, 9.17) is 0 Å². The Morgan fingerprint density at radius 2 is 2.20 bits per heavy atom. The normalized spacial score (nSPS) is 28.9. The molecule has 2 rings (SSSR count). The van der Waals surface area contributed by atoms with Gasteiger partial charge in [0.2, 0.25) is 5.91 Å². The molecule has 1 N–H and O–H groups in total. The molecule has 1 amide bonds. The lowest BCUT2D eigenvalue weighted by molar-refractivity contribution is -0.129. The number of hydrogen-bond acceptors (Lipinski definition) is 2. The van der Waals surface area contributed by atoms with Gasteiger partial charge in [-0.15, -0.1) is 0 Å². The van der Waals surface area contributed by atoms with Gasteiger partial charge in [0.05, 0.1) is 12.7 Å². The third-order valence-electron chi connectivity index (χ3n) is 3.52. The van der Waals surface area contributed by atoms with Crippen LogP contribution in [0.15, 0.2) is 0 Å². The highest BCUT2D eigenvalue weighted by atomic mass is 16.2. The number of nitrogens with one attached hydrogen (secondary N) is 1. The first-order valence-corrected chi connectivity index (χ1v) is 6.02. The van der Waals surface area contributed by atoms with Gasteiger partial charge in [-0.2, -0.15) is 0 Å². The second-order valence-corrected chi connectivity index (χ2v) is 5.89. The van der Waals surface area contributed by atoms with Crippen LogP contribution >= 0.6 is 0 Å². The zero-order valence-electron chi connectivity index (χ0n) is 10.0. The van der Waals surface area contributed by atoms with Gasteiger partial charge in [-0.1, -0.05) is 20.8 Å². The maximum atomic E-state index is 12.0. The standard InChI is InChI=1S/C12H22N2O/c1-9(2)6-10-11(15)14(8-13-10)7-12(3)4-5-12/h9-10,13H,4-8H2,1-3H3. The summed E-state index contributed by atoms with van der Waals surface area (Å²) in [6.45, 7) is 8.31. The van der Waals surface area contributed by atoms with Crippen molar-refractivity contribution in [1.29, 1.82) is 0 Å². The average Bonchev–Trinajstić information content (AvgIpc) is 2.78. The summed E-state index contributed by atoms with van der Waals surface area (Å²) in [5.74, 6) is 0.903. The molecule has 0 aromatic heterocycles. The van der Waals surface area contributed by atoms with Crippen molar-refractivity contribution < 1.29 is 4.79 Å². The van der Waals surface area contributed by atoms with Crippen LogP contribution in [0.4, 0.5) is 0 Å². The number of amides is 1. The number of carbonyl (C=O) groups is 1. The first kappa shape index (κ1) is 10.9. The van der Waals surface area contributed by atoms with Crippen LogP contribution in [-0.4, -0.2) is 30.1 Å². The lowest BCUT2D eigenvalue weighted by Gasteiger charge is -2.19. The Bertz CT molecular complexity index is 258. The average molecular weight is 210 g/mol. The summed E-state index contributed by atoms with van der Waals surface area (Å²) in [6, 6.07) is 0.0762. The van der Waals surface area contributed by atoms with Crippen molar-refractivity contribution in [3.8, 4) is 0 Å². The summed E-state index contributed by atoms with van der Waals surface area (Å²) in [5, 5.41) is 3.31.